The van der Waals surface area contributed by atoms with Gasteiger partial charge in [0.15, 0.2) is 12.2 Å². The van der Waals surface area contributed by atoms with E-state index in [1.165, 1.54) is 49.1 Å². The molecule has 0 bridgehead atoms. The Labute approximate surface area is 160 Å². The Morgan fingerprint density at radius 2 is 1.43 bits per heavy atom. The highest BCUT2D eigenvalue weighted by Gasteiger charge is 2.38. The van der Waals surface area contributed by atoms with Gasteiger partial charge in [-0.15, -0.1) is 0 Å². The maximum absolute atomic E-state index is 12.2. The molecule has 2 heterocycles. The first kappa shape index (κ1) is 21.4. The number of rotatable bonds is 9. The Morgan fingerprint density at radius 3 is 1.86 bits per heavy atom. The van der Waals surface area contributed by atoms with E-state index < -0.39 is 49.6 Å². The van der Waals surface area contributed by atoms with E-state index in [0.29, 0.717) is 0 Å². The smallest absolute Gasteiger partial charge is 0.340 e. The number of pyridine rings is 2. The van der Waals surface area contributed by atoms with Crippen molar-refractivity contribution in [3.63, 3.8) is 0 Å². The van der Waals surface area contributed by atoms with Gasteiger partial charge < -0.3 is 29.9 Å². The Kier molecular flexibility index (Phi) is 7.96. The third kappa shape index (κ3) is 5.54. The third-order valence-electron chi connectivity index (χ3n) is 3.76. The van der Waals surface area contributed by atoms with Crippen molar-refractivity contribution in [3.05, 3.63) is 60.2 Å². The highest BCUT2D eigenvalue weighted by molar-refractivity contribution is 5.89. The van der Waals surface area contributed by atoms with Crippen molar-refractivity contribution in [2.45, 2.75) is 24.4 Å². The molecule has 2 rings (SSSR count). The molecule has 4 atom stereocenters. The molecule has 0 spiro atoms. The number of ether oxygens (including phenoxy) is 2. The van der Waals surface area contributed by atoms with E-state index in [1.807, 2.05) is 0 Å². The van der Waals surface area contributed by atoms with Crippen molar-refractivity contribution >= 4 is 11.9 Å². The fourth-order valence-electron chi connectivity index (χ4n) is 2.27. The fourth-order valence-corrected chi connectivity index (χ4v) is 2.27. The molecule has 0 saturated carbocycles. The summed E-state index contributed by atoms with van der Waals surface area (Å²) in [7, 11) is 0. The van der Waals surface area contributed by atoms with Crippen LogP contribution in [0.15, 0.2) is 49.1 Å². The standard InChI is InChI=1S/C18H20N2O8/c21-9-13(23)16(28-18(26)12-4-2-6-20-8-12)15(24)14(10-22)27-17(25)11-3-1-5-19-7-11/h1-8,13-16,21-24H,9-10H2/t13-,14-,15-,16-/m1/s1. The van der Waals surface area contributed by atoms with E-state index in [1.54, 1.807) is 0 Å². The van der Waals surface area contributed by atoms with Gasteiger partial charge in [-0.1, -0.05) is 0 Å². The van der Waals surface area contributed by atoms with E-state index in [-0.39, 0.29) is 11.1 Å². The number of aromatic nitrogens is 2. The Morgan fingerprint density at radius 1 is 0.893 bits per heavy atom. The second kappa shape index (κ2) is 10.4. The van der Waals surface area contributed by atoms with E-state index >= 15 is 0 Å². The predicted molar refractivity (Wildman–Crippen MR) is 93.1 cm³/mol. The van der Waals surface area contributed by atoms with E-state index in [2.05, 4.69) is 9.97 Å². The van der Waals surface area contributed by atoms with Gasteiger partial charge in [0.05, 0.1) is 24.3 Å². The Bertz CT molecular complexity index is 759. The van der Waals surface area contributed by atoms with Gasteiger partial charge in [-0.05, 0) is 24.3 Å². The molecule has 0 unspecified atom stereocenters. The van der Waals surface area contributed by atoms with E-state index in [4.69, 9.17) is 9.47 Å². The summed E-state index contributed by atoms with van der Waals surface area (Å²) in [6.07, 6.45) is -1.42. The molecule has 0 aliphatic heterocycles. The minimum Gasteiger partial charge on any atom is -0.453 e. The van der Waals surface area contributed by atoms with Crippen LogP contribution in [0.2, 0.25) is 0 Å². The zero-order valence-electron chi connectivity index (χ0n) is 14.7. The summed E-state index contributed by atoms with van der Waals surface area (Å²) >= 11 is 0. The van der Waals surface area contributed by atoms with Gasteiger partial charge in [0.1, 0.15) is 12.2 Å². The maximum Gasteiger partial charge on any atom is 0.340 e. The number of nitrogens with zero attached hydrogens (tertiary/aromatic N) is 2. The van der Waals surface area contributed by atoms with Crippen LogP contribution in [-0.4, -0.2) is 80.0 Å². The lowest BCUT2D eigenvalue weighted by Crippen LogP contribution is -2.51. The lowest BCUT2D eigenvalue weighted by molar-refractivity contribution is -0.131. The normalized spacial score (nSPS) is 15.1. The van der Waals surface area contributed by atoms with Crippen LogP contribution in [0.4, 0.5) is 0 Å². The maximum atomic E-state index is 12.2. The van der Waals surface area contributed by atoms with E-state index in [9.17, 15) is 30.0 Å². The molecule has 10 heteroatoms. The van der Waals surface area contributed by atoms with Crippen molar-refractivity contribution in [2.75, 3.05) is 13.2 Å². The zero-order valence-corrected chi connectivity index (χ0v) is 14.7. The summed E-state index contributed by atoms with van der Waals surface area (Å²) < 4.78 is 10.1. The van der Waals surface area contributed by atoms with Crippen molar-refractivity contribution in [2.24, 2.45) is 0 Å². The van der Waals surface area contributed by atoms with Crippen LogP contribution < -0.4 is 0 Å². The number of hydrogen-bond acceptors (Lipinski definition) is 10. The van der Waals surface area contributed by atoms with Gasteiger partial charge in [-0.2, -0.15) is 0 Å². The molecule has 4 N–H and O–H groups in total. The largest absolute Gasteiger partial charge is 0.453 e. The lowest BCUT2D eigenvalue weighted by Gasteiger charge is -2.30. The molecular formula is C18H20N2O8. The second-order valence-corrected chi connectivity index (χ2v) is 5.72. The molecular weight excluding hydrogens is 372 g/mol. The Hall–Kier alpha value is -2.92. The van der Waals surface area contributed by atoms with Crippen molar-refractivity contribution in [1.82, 2.24) is 9.97 Å². The second-order valence-electron chi connectivity index (χ2n) is 5.72. The summed E-state index contributed by atoms with van der Waals surface area (Å²) in [5.74, 6) is -1.82. The summed E-state index contributed by atoms with van der Waals surface area (Å²) in [6, 6.07) is 5.79. The topological polar surface area (TPSA) is 159 Å². The molecule has 2 aromatic rings. The molecule has 10 nitrogen and oxygen atoms in total. The molecule has 0 fully saturated rings. The van der Waals surface area contributed by atoms with E-state index in [0.717, 1.165) is 0 Å². The van der Waals surface area contributed by atoms with Crippen LogP contribution in [0.5, 0.6) is 0 Å². The Balaban J connectivity index is 2.14. The summed E-state index contributed by atoms with van der Waals surface area (Å²) in [5, 5.41) is 39.1. The van der Waals surface area contributed by atoms with Crippen molar-refractivity contribution in [3.8, 4) is 0 Å². The van der Waals surface area contributed by atoms with Crippen LogP contribution in [0.3, 0.4) is 0 Å². The number of aliphatic hydroxyl groups is 4. The number of esters is 2. The molecule has 0 aliphatic rings. The number of carbonyl (C=O) groups is 2. The molecule has 28 heavy (non-hydrogen) atoms. The van der Waals surface area contributed by atoms with Gasteiger partial charge in [0.2, 0.25) is 0 Å². The highest BCUT2D eigenvalue weighted by Crippen LogP contribution is 2.16. The molecule has 0 aromatic carbocycles. The molecule has 0 amide bonds. The van der Waals surface area contributed by atoms with Crippen molar-refractivity contribution < 1.29 is 39.5 Å². The molecule has 2 aromatic heterocycles. The lowest BCUT2D eigenvalue weighted by atomic mass is 10.0. The average Bonchev–Trinajstić information content (AvgIpc) is 2.75. The molecule has 0 saturated heterocycles. The first-order valence-corrected chi connectivity index (χ1v) is 8.27. The number of hydrogen-bond donors (Lipinski definition) is 4. The van der Waals surface area contributed by atoms with Gasteiger partial charge >= 0.3 is 11.9 Å². The van der Waals surface area contributed by atoms with Gasteiger partial charge in [0, 0.05) is 24.8 Å². The SMILES string of the molecule is O=C(O[C@@H]([C@H](O)[C@@H](CO)OC(=O)c1cccnc1)[C@H](O)CO)c1cccnc1. The van der Waals surface area contributed by atoms with Gasteiger partial charge in [-0.3, -0.25) is 9.97 Å². The summed E-state index contributed by atoms with van der Waals surface area (Å²) in [4.78, 5) is 31.8. The number of aliphatic hydroxyl groups excluding tert-OH is 4. The first-order chi connectivity index (χ1) is 13.5. The fraction of sp³-hybridized carbons (Fsp3) is 0.333. The summed E-state index contributed by atoms with van der Waals surface area (Å²) in [5.41, 5.74) is 0.109. The van der Waals surface area contributed by atoms with Crippen LogP contribution in [0, 0.1) is 0 Å². The highest BCUT2D eigenvalue weighted by atomic mass is 16.6. The van der Waals surface area contributed by atoms with Gasteiger partial charge in [0.25, 0.3) is 0 Å². The molecule has 0 radical (unpaired) electrons. The van der Waals surface area contributed by atoms with Crippen LogP contribution >= 0.6 is 0 Å². The van der Waals surface area contributed by atoms with Crippen LogP contribution in [0.1, 0.15) is 20.7 Å². The molecule has 150 valence electrons. The van der Waals surface area contributed by atoms with Crippen LogP contribution in [-0.2, 0) is 9.47 Å². The predicted octanol–water partition coefficient (Wildman–Crippen LogP) is -1.07. The monoisotopic (exact) mass is 392 g/mol. The quantitative estimate of drug-likeness (QED) is 0.387. The first-order valence-electron chi connectivity index (χ1n) is 8.27. The van der Waals surface area contributed by atoms with Crippen LogP contribution in [0.25, 0.3) is 0 Å². The van der Waals surface area contributed by atoms with Crippen molar-refractivity contribution in [1.29, 1.82) is 0 Å². The minimum atomic E-state index is -1.83. The summed E-state index contributed by atoms with van der Waals surface area (Å²) in [6.45, 7) is -1.68. The van der Waals surface area contributed by atoms with Gasteiger partial charge in [-0.25, -0.2) is 9.59 Å². The number of carbonyl (C=O) groups excluding carboxylic acids is 2. The molecule has 0 aliphatic carbocycles. The third-order valence-corrected chi connectivity index (χ3v) is 3.76. The minimum absolute atomic E-state index is 0.0396. The zero-order chi connectivity index (χ0) is 20.5. The average molecular weight is 392 g/mol.